The number of alkyl halides is 3. The molecule has 2 aliphatic rings. The predicted octanol–water partition coefficient (Wildman–Crippen LogP) is 4.72. The molecule has 0 spiro atoms. The van der Waals surface area contributed by atoms with Crippen molar-refractivity contribution in [3.05, 3.63) is 77.2 Å². The minimum atomic E-state index is -4.78. The van der Waals surface area contributed by atoms with E-state index < -0.39 is 6.36 Å². The predicted molar refractivity (Wildman–Crippen MR) is 126 cm³/mol. The van der Waals surface area contributed by atoms with Gasteiger partial charge in [0.1, 0.15) is 11.6 Å². The number of hydrogen-bond donors (Lipinski definition) is 0. The van der Waals surface area contributed by atoms with Crippen molar-refractivity contribution in [2.45, 2.75) is 31.0 Å². The molecule has 0 N–H and O–H groups in total. The smallest absolute Gasteiger partial charge is 0.406 e. The van der Waals surface area contributed by atoms with Crippen molar-refractivity contribution in [2.75, 3.05) is 39.4 Å². The number of amides is 2. The second kappa shape index (κ2) is 11.0. The van der Waals surface area contributed by atoms with Gasteiger partial charge in [0.05, 0.1) is 19.1 Å². The molecule has 8 nitrogen and oxygen atoms in total. The number of aromatic nitrogens is 2. The zero-order valence-electron chi connectivity index (χ0n) is 20.4. The first-order chi connectivity index (χ1) is 18.2. The Morgan fingerprint density at radius 3 is 2.34 bits per heavy atom. The van der Waals surface area contributed by atoms with E-state index in [4.69, 9.17) is 9.26 Å². The molecular weight excluding hydrogens is 508 g/mol. The Balaban J connectivity index is 1.35. The van der Waals surface area contributed by atoms with Crippen molar-refractivity contribution in [1.82, 2.24) is 19.9 Å². The fourth-order valence-corrected chi connectivity index (χ4v) is 4.86. The van der Waals surface area contributed by atoms with E-state index in [2.05, 4.69) is 14.9 Å². The summed E-state index contributed by atoms with van der Waals surface area (Å²) in [5, 5.41) is 4.08. The fraction of sp³-hybridized carbons (Fsp3) is 0.423. The lowest BCUT2D eigenvalue weighted by molar-refractivity contribution is -0.274. The average molecular weight is 535 g/mol. The van der Waals surface area contributed by atoms with E-state index in [1.165, 1.54) is 24.3 Å². The Hall–Kier alpha value is -3.67. The van der Waals surface area contributed by atoms with Crippen molar-refractivity contribution < 1.29 is 36.4 Å². The molecule has 2 unspecified atom stereocenters. The number of halogens is 4. The molecule has 5 rings (SSSR count). The first kappa shape index (κ1) is 26.0. The van der Waals surface area contributed by atoms with Crippen LogP contribution in [0.2, 0.25) is 0 Å². The molecule has 2 aliphatic heterocycles. The highest BCUT2D eigenvalue weighted by Gasteiger charge is 2.37. The van der Waals surface area contributed by atoms with Crippen LogP contribution in [-0.4, -0.2) is 71.7 Å². The molecule has 2 aromatic carbocycles. The summed E-state index contributed by atoms with van der Waals surface area (Å²) in [6.45, 7) is 2.64. The van der Waals surface area contributed by atoms with Crippen LogP contribution in [0, 0.1) is 5.82 Å². The molecule has 0 saturated carbocycles. The highest BCUT2D eigenvalue weighted by atomic mass is 19.4. The summed E-state index contributed by atoms with van der Waals surface area (Å²) in [5.41, 5.74) is 1.60. The van der Waals surface area contributed by atoms with Crippen LogP contribution in [-0.2, 0) is 11.2 Å². The number of piperidine rings is 1. The zero-order valence-corrected chi connectivity index (χ0v) is 20.4. The molecule has 3 heterocycles. The van der Waals surface area contributed by atoms with Crippen molar-refractivity contribution in [3.63, 3.8) is 0 Å². The Kier molecular flexibility index (Phi) is 7.50. The molecule has 202 valence electrons. The highest BCUT2D eigenvalue weighted by Crippen LogP contribution is 2.37. The zero-order chi connectivity index (χ0) is 26.7. The van der Waals surface area contributed by atoms with Crippen molar-refractivity contribution >= 4 is 6.03 Å². The molecule has 2 fully saturated rings. The highest BCUT2D eigenvalue weighted by molar-refractivity contribution is 5.75. The van der Waals surface area contributed by atoms with Crippen LogP contribution in [0.1, 0.15) is 41.1 Å². The SMILES string of the molecule is O=C(N1CCOCC1)N1CC(c2ccc(OC(F)(F)F)cc2)CC(c2nc(Cc3ccc(F)cc3)no2)C1. The van der Waals surface area contributed by atoms with E-state index in [1.54, 1.807) is 34.1 Å². The van der Waals surface area contributed by atoms with Gasteiger partial charge in [-0.2, -0.15) is 4.98 Å². The molecule has 0 aliphatic carbocycles. The van der Waals surface area contributed by atoms with Gasteiger partial charge in [-0.1, -0.05) is 29.4 Å². The van der Waals surface area contributed by atoms with Crippen LogP contribution in [0.4, 0.5) is 22.4 Å². The van der Waals surface area contributed by atoms with E-state index >= 15 is 0 Å². The van der Waals surface area contributed by atoms with Crippen molar-refractivity contribution in [2.24, 2.45) is 0 Å². The molecule has 2 atom stereocenters. The second-order valence-electron chi connectivity index (χ2n) is 9.39. The molecule has 3 aromatic rings. The maximum atomic E-state index is 13.3. The fourth-order valence-electron chi connectivity index (χ4n) is 4.86. The Bertz CT molecular complexity index is 1230. The van der Waals surface area contributed by atoms with E-state index in [9.17, 15) is 22.4 Å². The number of benzene rings is 2. The molecular formula is C26H26F4N4O4. The third-order valence-corrected chi connectivity index (χ3v) is 6.70. The lowest BCUT2D eigenvalue weighted by Crippen LogP contribution is -2.52. The molecule has 0 radical (unpaired) electrons. The summed E-state index contributed by atoms with van der Waals surface area (Å²) in [6, 6.07) is 11.6. The standard InChI is InChI=1S/C26H26F4N4O4/c27-21-5-1-17(2-6-21)13-23-31-24(38-32-23)20-14-19(18-3-7-22(8-4-18)37-26(28,29)30)15-34(16-20)25(35)33-9-11-36-12-10-33/h1-8,19-20H,9-16H2. The number of likely N-dealkylation sites (tertiary alicyclic amines) is 1. The average Bonchev–Trinajstić information content (AvgIpc) is 3.38. The number of morpholine rings is 1. The maximum Gasteiger partial charge on any atom is 0.573 e. The van der Waals surface area contributed by atoms with E-state index in [0.717, 1.165) is 11.1 Å². The number of carbonyl (C=O) groups is 1. The van der Waals surface area contributed by atoms with Gasteiger partial charge in [0.15, 0.2) is 5.82 Å². The lowest BCUT2D eigenvalue weighted by atomic mass is 9.84. The molecule has 2 saturated heterocycles. The summed E-state index contributed by atoms with van der Waals surface area (Å²) < 4.78 is 65.9. The van der Waals surface area contributed by atoms with Crippen molar-refractivity contribution in [1.29, 1.82) is 0 Å². The Morgan fingerprint density at radius 2 is 1.66 bits per heavy atom. The Labute approximate surface area is 216 Å². The minimum absolute atomic E-state index is 0.133. The van der Waals surface area contributed by atoms with Gasteiger partial charge in [0.2, 0.25) is 5.89 Å². The van der Waals surface area contributed by atoms with E-state index in [1.807, 2.05) is 0 Å². The maximum absolute atomic E-state index is 13.3. The molecule has 2 amide bonds. The number of ether oxygens (including phenoxy) is 2. The van der Waals surface area contributed by atoms with Gasteiger partial charge in [-0.25, -0.2) is 9.18 Å². The number of urea groups is 1. The van der Waals surface area contributed by atoms with Crippen LogP contribution < -0.4 is 4.74 Å². The largest absolute Gasteiger partial charge is 0.573 e. The van der Waals surface area contributed by atoms with E-state index in [0.29, 0.717) is 63.9 Å². The number of rotatable bonds is 5. The number of carbonyl (C=O) groups excluding carboxylic acids is 1. The minimum Gasteiger partial charge on any atom is -0.406 e. The molecule has 0 bridgehead atoms. The number of nitrogens with zero attached hydrogens (tertiary/aromatic N) is 4. The Morgan fingerprint density at radius 1 is 0.974 bits per heavy atom. The summed E-state index contributed by atoms with van der Waals surface area (Å²) in [7, 11) is 0. The van der Waals surface area contributed by atoms with Gasteiger partial charge in [-0.05, 0) is 41.8 Å². The van der Waals surface area contributed by atoms with Gasteiger partial charge >= 0.3 is 12.4 Å². The van der Waals surface area contributed by atoms with Gasteiger partial charge in [0, 0.05) is 38.5 Å². The van der Waals surface area contributed by atoms with Gasteiger partial charge in [-0.15, -0.1) is 13.2 Å². The summed E-state index contributed by atoms with van der Waals surface area (Å²) in [4.78, 5) is 21.4. The number of hydrogen-bond acceptors (Lipinski definition) is 6. The van der Waals surface area contributed by atoms with Crippen molar-refractivity contribution in [3.8, 4) is 5.75 Å². The van der Waals surface area contributed by atoms with E-state index in [-0.39, 0.29) is 29.4 Å². The molecule has 12 heteroatoms. The molecule has 1 aromatic heterocycles. The normalized spacial score (nSPS) is 20.4. The van der Waals surface area contributed by atoms with Gasteiger partial charge in [0.25, 0.3) is 0 Å². The third kappa shape index (κ3) is 6.42. The van der Waals surface area contributed by atoms with Crippen LogP contribution in [0.15, 0.2) is 53.1 Å². The first-order valence-corrected chi connectivity index (χ1v) is 12.3. The van der Waals surface area contributed by atoms with Crippen LogP contribution in [0.5, 0.6) is 5.75 Å². The quantitative estimate of drug-likeness (QED) is 0.441. The summed E-state index contributed by atoms with van der Waals surface area (Å²) in [5.74, 6) is -0.279. The monoisotopic (exact) mass is 534 g/mol. The first-order valence-electron chi connectivity index (χ1n) is 12.3. The van der Waals surface area contributed by atoms with Crippen LogP contribution >= 0.6 is 0 Å². The second-order valence-corrected chi connectivity index (χ2v) is 9.39. The topological polar surface area (TPSA) is 80.9 Å². The molecule has 38 heavy (non-hydrogen) atoms. The lowest BCUT2D eigenvalue weighted by Gasteiger charge is -2.40. The summed E-state index contributed by atoms with van der Waals surface area (Å²) in [6.07, 6.45) is -3.86. The van der Waals surface area contributed by atoms with Crippen LogP contribution in [0.25, 0.3) is 0 Å². The van der Waals surface area contributed by atoms with Gasteiger partial charge in [-0.3, -0.25) is 0 Å². The van der Waals surface area contributed by atoms with Gasteiger partial charge < -0.3 is 23.8 Å². The third-order valence-electron chi connectivity index (χ3n) is 6.70. The summed E-state index contributed by atoms with van der Waals surface area (Å²) >= 11 is 0. The van der Waals surface area contributed by atoms with Crippen LogP contribution in [0.3, 0.4) is 0 Å².